The summed E-state index contributed by atoms with van der Waals surface area (Å²) < 4.78 is 0.871. The van der Waals surface area contributed by atoms with E-state index in [9.17, 15) is 0 Å². The summed E-state index contributed by atoms with van der Waals surface area (Å²) in [6.07, 6.45) is 4.77. The first kappa shape index (κ1) is 13.5. The van der Waals surface area contributed by atoms with Crippen LogP contribution in [0.5, 0.6) is 0 Å². The van der Waals surface area contributed by atoms with Crippen LogP contribution in [0.1, 0.15) is 17.4 Å². The molecule has 2 nitrogen and oxygen atoms in total. The maximum atomic E-state index is 5.95. The van der Waals surface area contributed by atoms with Gasteiger partial charge in [0.05, 0.1) is 4.34 Å². The molecule has 0 unspecified atom stereocenters. The van der Waals surface area contributed by atoms with E-state index < -0.39 is 0 Å². The monoisotopic (exact) mass is 280 g/mol. The van der Waals surface area contributed by atoms with Gasteiger partial charge in [0.2, 0.25) is 0 Å². The summed E-state index contributed by atoms with van der Waals surface area (Å²) in [5.41, 5.74) is 1.34. The highest BCUT2D eigenvalue weighted by Crippen LogP contribution is 2.22. The number of nitrogens with zero attached hydrogens (tertiary/aromatic N) is 2. The average Bonchev–Trinajstić information content (AvgIpc) is 2.81. The summed E-state index contributed by atoms with van der Waals surface area (Å²) >= 11 is 7.62. The molecular weight excluding hydrogens is 264 g/mol. The fourth-order valence-electron chi connectivity index (χ4n) is 1.84. The summed E-state index contributed by atoms with van der Waals surface area (Å²) in [4.78, 5) is 7.80. The molecule has 2 rings (SSSR count). The van der Waals surface area contributed by atoms with Crippen LogP contribution in [-0.4, -0.2) is 23.0 Å². The van der Waals surface area contributed by atoms with Gasteiger partial charge in [-0.15, -0.1) is 11.3 Å². The number of likely N-dealkylation sites (N-methyl/N-ethyl adjacent to an activating group) is 1. The first-order valence-electron chi connectivity index (χ1n) is 6.13. The van der Waals surface area contributed by atoms with Crippen LogP contribution >= 0.6 is 22.9 Å². The van der Waals surface area contributed by atoms with Gasteiger partial charge in [0.25, 0.3) is 0 Å². The molecule has 0 aliphatic rings. The summed E-state index contributed by atoms with van der Waals surface area (Å²) in [6, 6.07) is 8.24. The third kappa shape index (κ3) is 4.09. The second kappa shape index (κ2) is 6.88. The Morgan fingerprint density at radius 3 is 2.61 bits per heavy atom. The van der Waals surface area contributed by atoms with Gasteiger partial charge in [-0.1, -0.05) is 18.5 Å². The van der Waals surface area contributed by atoms with E-state index in [-0.39, 0.29) is 0 Å². The summed E-state index contributed by atoms with van der Waals surface area (Å²) in [5, 5.41) is 0. The zero-order valence-corrected chi connectivity index (χ0v) is 12.0. The van der Waals surface area contributed by atoms with E-state index >= 15 is 0 Å². The maximum Gasteiger partial charge on any atom is 0.0931 e. The number of pyridine rings is 1. The molecule has 0 saturated carbocycles. The van der Waals surface area contributed by atoms with E-state index in [0.29, 0.717) is 0 Å². The number of halogens is 1. The Labute approximate surface area is 117 Å². The Morgan fingerprint density at radius 2 is 2.00 bits per heavy atom. The summed E-state index contributed by atoms with van der Waals surface area (Å²) in [6.45, 7) is 5.30. The van der Waals surface area contributed by atoms with Crippen LogP contribution in [0, 0.1) is 0 Å². The zero-order valence-electron chi connectivity index (χ0n) is 10.5. The smallest absolute Gasteiger partial charge is 0.0931 e. The maximum absolute atomic E-state index is 5.95. The van der Waals surface area contributed by atoms with Gasteiger partial charge in [-0.05, 0) is 42.8 Å². The number of hydrogen-bond acceptors (Lipinski definition) is 3. The minimum atomic E-state index is 0.871. The molecule has 2 aromatic rings. The van der Waals surface area contributed by atoms with Crippen LogP contribution in [0.4, 0.5) is 0 Å². The van der Waals surface area contributed by atoms with Crippen LogP contribution in [0.3, 0.4) is 0 Å². The van der Waals surface area contributed by atoms with Crippen LogP contribution < -0.4 is 0 Å². The lowest BCUT2D eigenvalue weighted by Gasteiger charge is -2.19. The van der Waals surface area contributed by atoms with E-state index in [4.69, 9.17) is 11.6 Å². The van der Waals surface area contributed by atoms with Crippen molar-refractivity contribution >= 4 is 22.9 Å². The average molecular weight is 281 g/mol. The van der Waals surface area contributed by atoms with Gasteiger partial charge in [-0.2, -0.15) is 0 Å². The third-order valence-corrected chi connectivity index (χ3v) is 4.14. The molecule has 0 bridgehead atoms. The molecule has 2 aromatic heterocycles. The second-order valence-electron chi connectivity index (χ2n) is 4.18. The van der Waals surface area contributed by atoms with Crippen molar-refractivity contribution in [1.82, 2.24) is 9.88 Å². The molecule has 0 amide bonds. The molecule has 0 aromatic carbocycles. The third-order valence-electron chi connectivity index (χ3n) is 2.92. The Morgan fingerprint density at radius 1 is 1.22 bits per heavy atom. The van der Waals surface area contributed by atoms with Crippen molar-refractivity contribution in [1.29, 1.82) is 0 Å². The van der Waals surface area contributed by atoms with E-state index in [1.165, 1.54) is 10.4 Å². The molecular formula is C14H17ClN2S. The molecule has 0 N–H and O–H groups in total. The predicted molar refractivity (Wildman–Crippen MR) is 78.2 cm³/mol. The highest BCUT2D eigenvalue weighted by atomic mass is 35.5. The molecule has 0 atom stereocenters. The minimum Gasteiger partial charge on any atom is -0.298 e. The number of aromatic nitrogens is 1. The first-order valence-corrected chi connectivity index (χ1v) is 7.33. The molecule has 0 fully saturated rings. The van der Waals surface area contributed by atoms with Gasteiger partial charge >= 0.3 is 0 Å². The highest BCUT2D eigenvalue weighted by Gasteiger charge is 2.06. The van der Waals surface area contributed by atoms with Crippen LogP contribution in [-0.2, 0) is 13.0 Å². The largest absolute Gasteiger partial charge is 0.298 e. The Hall–Kier alpha value is -0.900. The zero-order chi connectivity index (χ0) is 12.8. The van der Waals surface area contributed by atoms with Crippen molar-refractivity contribution in [2.45, 2.75) is 19.9 Å². The van der Waals surface area contributed by atoms with Gasteiger partial charge < -0.3 is 0 Å². The Bertz CT molecular complexity index is 470. The van der Waals surface area contributed by atoms with Crippen LogP contribution in [0.2, 0.25) is 4.34 Å². The Kier molecular flexibility index (Phi) is 5.17. The van der Waals surface area contributed by atoms with Gasteiger partial charge in [0.1, 0.15) is 0 Å². The second-order valence-corrected chi connectivity index (χ2v) is 5.98. The van der Waals surface area contributed by atoms with Gasteiger partial charge in [0, 0.05) is 30.4 Å². The van der Waals surface area contributed by atoms with Crippen molar-refractivity contribution in [3.05, 3.63) is 51.4 Å². The summed E-state index contributed by atoms with van der Waals surface area (Å²) in [5.74, 6) is 0. The number of rotatable bonds is 6. The predicted octanol–water partition coefficient (Wildman–Crippen LogP) is 3.86. The molecule has 0 radical (unpaired) electrons. The fourth-order valence-corrected chi connectivity index (χ4v) is 2.97. The van der Waals surface area contributed by atoms with Gasteiger partial charge in [-0.25, -0.2) is 0 Å². The standard InChI is InChI=1S/C14H17ClN2S/c1-2-17(11-13-3-4-14(15)18-13)10-7-12-5-8-16-9-6-12/h3-6,8-9H,2,7,10-11H2,1H3. The van der Waals surface area contributed by atoms with Crippen molar-refractivity contribution < 1.29 is 0 Å². The normalized spacial score (nSPS) is 11.1. The lowest BCUT2D eigenvalue weighted by atomic mass is 10.2. The topological polar surface area (TPSA) is 16.1 Å². The molecule has 0 aliphatic heterocycles. The molecule has 96 valence electrons. The molecule has 0 spiro atoms. The molecule has 2 heterocycles. The lowest BCUT2D eigenvalue weighted by molar-refractivity contribution is 0.286. The van der Waals surface area contributed by atoms with Gasteiger partial charge in [0.15, 0.2) is 0 Å². The molecule has 0 saturated heterocycles. The highest BCUT2D eigenvalue weighted by molar-refractivity contribution is 7.16. The number of thiophene rings is 1. The van der Waals surface area contributed by atoms with E-state index in [1.54, 1.807) is 11.3 Å². The minimum absolute atomic E-state index is 0.871. The lowest BCUT2D eigenvalue weighted by Crippen LogP contribution is -2.24. The first-order chi connectivity index (χ1) is 8.78. The van der Waals surface area contributed by atoms with E-state index in [1.807, 2.05) is 18.5 Å². The van der Waals surface area contributed by atoms with Crippen molar-refractivity contribution in [2.24, 2.45) is 0 Å². The van der Waals surface area contributed by atoms with E-state index in [0.717, 1.165) is 30.4 Å². The molecule has 18 heavy (non-hydrogen) atoms. The van der Waals surface area contributed by atoms with Crippen molar-refractivity contribution in [2.75, 3.05) is 13.1 Å². The fraction of sp³-hybridized carbons (Fsp3) is 0.357. The quantitative estimate of drug-likeness (QED) is 0.799. The van der Waals surface area contributed by atoms with Crippen molar-refractivity contribution in [3.8, 4) is 0 Å². The van der Waals surface area contributed by atoms with E-state index in [2.05, 4.69) is 35.0 Å². The van der Waals surface area contributed by atoms with Gasteiger partial charge in [-0.3, -0.25) is 9.88 Å². The molecule has 4 heteroatoms. The van der Waals surface area contributed by atoms with Crippen molar-refractivity contribution in [3.63, 3.8) is 0 Å². The SMILES string of the molecule is CCN(CCc1ccncc1)Cc1ccc(Cl)s1. The van der Waals surface area contributed by atoms with Crippen LogP contribution in [0.15, 0.2) is 36.7 Å². The summed E-state index contributed by atoms with van der Waals surface area (Å²) in [7, 11) is 0. The Balaban J connectivity index is 1.86. The van der Waals surface area contributed by atoms with Crippen LogP contribution in [0.25, 0.3) is 0 Å². The molecule has 0 aliphatic carbocycles. The number of hydrogen-bond donors (Lipinski definition) is 0.